The Labute approximate surface area is 116 Å². The van der Waals surface area contributed by atoms with E-state index >= 15 is 0 Å². The molecule has 0 aliphatic rings. The molecule has 0 amide bonds. The van der Waals surface area contributed by atoms with Crippen molar-refractivity contribution in [3.63, 3.8) is 0 Å². The van der Waals surface area contributed by atoms with Crippen LogP contribution in [0.3, 0.4) is 0 Å². The van der Waals surface area contributed by atoms with Crippen LogP contribution in [0.1, 0.15) is 39.3 Å². The van der Waals surface area contributed by atoms with E-state index in [-0.39, 0.29) is 22.5 Å². The molecule has 0 spiro atoms. The molecule has 2 unspecified atom stereocenters. The smallest absolute Gasteiger partial charge is 0.337 e. The summed E-state index contributed by atoms with van der Waals surface area (Å²) >= 11 is 3.06. The van der Waals surface area contributed by atoms with Gasteiger partial charge in [0.25, 0.3) is 0 Å². The van der Waals surface area contributed by atoms with Crippen molar-refractivity contribution >= 4 is 33.7 Å². The topological polar surface area (TPSA) is 112 Å². The molecule has 102 valence electrons. The third-order valence-corrected chi connectivity index (χ3v) is 3.63. The number of carboxylic acids is 2. The maximum Gasteiger partial charge on any atom is 0.337 e. The van der Waals surface area contributed by atoms with Crippen LogP contribution in [0.5, 0.6) is 0 Å². The van der Waals surface area contributed by atoms with Crippen molar-refractivity contribution in [2.75, 3.05) is 0 Å². The second-order valence-electron chi connectivity index (χ2n) is 3.86. The Kier molecular flexibility index (Phi) is 4.79. The van der Waals surface area contributed by atoms with Gasteiger partial charge in [-0.1, -0.05) is 22.0 Å². The van der Waals surface area contributed by atoms with Crippen molar-refractivity contribution in [2.45, 2.75) is 17.9 Å². The van der Waals surface area contributed by atoms with Gasteiger partial charge in [0, 0.05) is 0 Å². The van der Waals surface area contributed by atoms with E-state index in [0.29, 0.717) is 0 Å². The van der Waals surface area contributed by atoms with Crippen LogP contribution in [-0.2, 0) is 9.59 Å². The summed E-state index contributed by atoms with van der Waals surface area (Å²) < 4.78 is 0. The summed E-state index contributed by atoms with van der Waals surface area (Å²) in [7, 11) is 0. The maximum atomic E-state index is 11.3. The third-order valence-electron chi connectivity index (χ3n) is 2.49. The highest BCUT2D eigenvalue weighted by molar-refractivity contribution is 9.09. The number of carboxylic acid groups (broad SMARTS) is 2. The largest absolute Gasteiger partial charge is 0.479 e. The predicted octanol–water partition coefficient (Wildman–Crippen LogP) is 1.53. The van der Waals surface area contributed by atoms with Gasteiger partial charge < -0.3 is 15.3 Å². The maximum absolute atomic E-state index is 11.3. The van der Waals surface area contributed by atoms with Crippen molar-refractivity contribution in [3.8, 4) is 0 Å². The molecular weight excluding hydrogens is 320 g/mol. The molecule has 0 fully saturated rings. The minimum atomic E-state index is -1.82. The zero-order valence-corrected chi connectivity index (χ0v) is 11.4. The first-order chi connectivity index (χ1) is 8.75. The van der Waals surface area contributed by atoms with Crippen molar-refractivity contribution < 1.29 is 29.7 Å². The number of benzene rings is 1. The quantitative estimate of drug-likeness (QED) is 0.706. The number of rotatable bonds is 5. The second kappa shape index (κ2) is 5.94. The average molecular weight is 331 g/mol. The van der Waals surface area contributed by atoms with Crippen LogP contribution < -0.4 is 0 Å². The molecule has 1 aromatic carbocycles. The number of hydrogen-bond donors (Lipinski definition) is 3. The molecule has 0 aliphatic heterocycles. The molecule has 6 nitrogen and oxygen atoms in total. The number of Topliss-reactive ketones (excluding diaryl/α,β-unsaturated/α-hetero) is 1. The van der Waals surface area contributed by atoms with Crippen LogP contribution in [-0.4, -0.2) is 33.0 Å². The fourth-order valence-corrected chi connectivity index (χ4v) is 1.92. The van der Waals surface area contributed by atoms with Crippen molar-refractivity contribution in [1.29, 1.82) is 0 Å². The Balaban J connectivity index is 3.42. The zero-order valence-electron chi connectivity index (χ0n) is 9.83. The van der Waals surface area contributed by atoms with E-state index in [2.05, 4.69) is 15.9 Å². The standard InChI is InChI=1S/C12H11BrO6/c1-5(14)9(13)8-4-6(11(16)17)2-3-7(8)10(15)12(18)19/h2-4,9-10,15H,1H3,(H,16,17)(H,18,19). The van der Waals surface area contributed by atoms with E-state index in [1.54, 1.807) is 0 Å². The fraction of sp³-hybridized carbons (Fsp3) is 0.250. The molecule has 19 heavy (non-hydrogen) atoms. The SMILES string of the molecule is CC(=O)C(Br)c1cc(C(=O)O)ccc1C(O)C(=O)O. The van der Waals surface area contributed by atoms with Crippen LogP contribution in [0.25, 0.3) is 0 Å². The van der Waals surface area contributed by atoms with Gasteiger partial charge in [0.2, 0.25) is 0 Å². The highest BCUT2D eigenvalue weighted by atomic mass is 79.9. The molecule has 1 aromatic rings. The molecule has 0 aliphatic carbocycles. The number of carbonyl (C=O) groups is 3. The number of aliphatic hydroxyl groups is 1. The van der Waals surface area contributed by atoms with Gasteiger partial charge in [0.15, 0.2) is 6.10 Å². The van der Waals surface area contributed by atoms with Crippen LogP contribution >= 0.6 is 15.9 Å². The van der Waals surface area contributed by atoms with E-state index in [1.807, 2.05) is 0 Å². The van der Waals surface area contributed by atoms with Gasteiger partial charge in [-0.25, -0.2) is 9.59 Å². The number of aliphatic hydroxyl groups excluding tert-OH is 1. The van der Waals surface area contributed by atoms with E-state index < -0.39 is 22.9 Å². The van der Waals surface area contributed by atoms with Crippen LogP contribution in [0.4, 0.5) is 0 Å². The first kappa shape index (κ1) is 15.3. The Hall–Kier alpha value is -1.73. The second-order valence-corrected chi connectivity index (χ2v) is 4.78. The number of aromatic carboxylic acids is 1. The molecule has 7 heteroatoms. The Morgan fingerprint density at radius 3 is 2.16 bits per heavy atom. The number of carbonyl (C=O) groups excluding carboxylic acids is 1. The summed E-state index contributed by atoms with van der Waals surface area (Å²) in [5, 5.41) is 27.2. The van der Waals surface area contributed by atoms with Crippen molar-refractivity contribution in [2.24, 2.45) is 0 Å². The lowest BCUT2D eigenvalue weighted by atomic mass is 9.96. The van der Waals surface area contributed by atoms with E-state index in [0.717, 1.165) is 0 Å². The van der Waals surface area contributed by atoms with Gasteiger partial charge in [-0.2, -0.15) is 0 Å². The molecule has 0 saturated heterocycles. The highest BCUT2D eigenvalue weighted by Crippen LogP contribution is 2.31. The summed E-state index contributed by atoms with van der Waals surface area (Å²) in [5.41, 5.74) is 0.0129. The van der Waals surface area contributed by atoms with Gasteiger partial charge >= 0.3 is 11.9 Å². The highest BCUT2D eigenvalue weighted by Gasteiger charge is 2.25. The molecule has 3 N–H and O–H groups in total. The van der Waals surface area contributed by atoms with Crippen molar-refractivity contribution in [1.82, 2.24) is 0 Å². The Bertz CT molecular complexity index is 539. The van der Waals surface area contributed by atoms with E-state index in [4.69, 9.17) is 10.2 Å². The fourth-order valence-electron chi connectivity index (χ4n) is 1.53. The summed E-state index contributed by atoms with van der Waals surface area (Å²) in [6.45, 7) is 1.27. The van der Waals surface area contributed by atoms with Gasteiger partial charge in [0.1, 0.15) is 5.78 Å². The normalized spacial score (nSPS) is 13.6. The predicted molar refractivity (Wildman–Crippen MR) is 68.3 cm³/mol. The van der Waals surface area contributed by atoms with Gasteiger partial charge in [-0.3, -0.25) is 4.79 Å². The van der Waals surface area contributed by atoms with Crippen molar-refractivity contribution in [3.05, 3.63) is 34.9 Å². The summed E-state index contributed by atoms with van der Waals surface area (Å²) in [5.74, 6) is -3.02. The average Bonchev–Trinajstić information content (AvgIpc) is 2.35. The Morgan fingerprint density at radius 1 is 1.16 bits per heavy atom. The lowest BCUT2D eigenvalue weighted by molar-refractivity contribution is -0.147. The summed E-state index contributed by atoms with van der Waals surface area (Å²) in [4.78, 5) is 32.1. The lowest BCUT2D eigenvalue weighted by Crippen LogP contribution is -2.16. The van der Waals surface area contributed by atoms with E-state index in [9.17, 15) is 19.5 Å². The van der Waals surface area contributed by atoms with Crippen LogP contribution in [0.15, 0.2) is 18.2 Å². The van der Waals surface area contributed by atoms with Crippen LogP contribution in [0.2, 0.25) is 0 Å². The van der Waals surface area contributed by atoms with E-state index in [1.165, 1.54) is 25.1 Å². The number of alkyl halides is 1. The lowest BCUT2D eigenvalue weighted by Gasteiger charge is -2.16. The summed E-state index contributed by atoms with van der Waals surface area (Å²) in [6, 6.07) is 3.53. The molecule has 2 atom stereocenters. The van der Waals surface area contributed by atoms with Gasteiger partial charge in [-0.15, -0.1) is 0 Å². The van der Waals surface area contributed by atoms with Gasteiger partial charge in [0.05, 0.1) is 10.4 Å². The van der Waals surface area contributed by atoms with Gasteiger partial charge in [-0.05, 0) is 30.2 Å². The Morgan fingerprint density at radius 2 is 1.74 bits per heavy atom. The first-order valence-corrected chi connectivity index (χ1v) is 6.09. The zero-order chi connectivity index (χ0) is 14.7. The molecule has 0 aromatic heterocycles. The number of ketones is 1. The molecule has 0 heterocycles. The minimum absolute atomic E-state index is 0.0189. The molecule has 0 bridgehead atoms. The third kappa shape index (κ3) is 3.39. The monoisotopic (exact) mass is 330 g/mol. The molecule has 1 rings (SSSR count). The molecular formula is C12H11BrO6. The number of halogens is 1. The molecule has 0 radical (unpaired) electrons. The number of aliphatic carboxylic acids is 1. The van der Waals surface area contributed by atoms with Crippen LogP contribution in [0, 0.1) is 0 Å². The molecule has 0 saturated carbocycles. The number of hydrogen-bond acceptors (Lipinski definition) is 4. The minimum Gasteiger partial charge on any atom is -0.479 e. The summed E-state index contributed by atoms with van der Waals surface area (Å²) in [6.07, 6.45) is -1.82. The first-order valence-electron chi connectivity index (χ1n) is 5.18.